The Morgan fingerprint density at radius 1 is 1.32 bits per heavy atom. The summed E-state index contributed by atoms with van der Waals surface area (Å²) in [5.41, 5.74) is 1.61. The highest BCUT2D eigenvalue weighted by Gasteiger charge is 2.28. The number of amides is 1. The number of fused-ring (bicyclic) bond motifs is 1. The fraction of sp³-hybridized carbons (Fsp3) is 0.368. The predicted octanol–water partition coefficient (Wildman–Crippen LogP) is 4.00. The molecule has 1 amide bonds. The second-order valence-corrected chi connectivity index (χ2v) is 6.26. The molecule has 150 valence electrons. The van der Waals surface area contributed by atoms with Crippen LogP contribution >= 0.6 is 0 Å². The van der Waals surface area contributed by atoms with E-state index in [1.165, 1.54) is 12.1 Å². The topological polar surface area (TPSA) is 69.7 Å². The smallest absolute Gasteiger partial charge is 0.422 e. The summed E-state index contributed by atoms with van der Waals surface area (Å²) in [4.78, 5) is 16.2. The van der Waals surface area contributed by atoms with Crippen molar-refractivity contribution in [3.8, 4) is 17.4 Å². The molecule has 1 aliphatic rings. The maximum atomic E-state index is 12.5. The number of rotatable bonds is 6. The molecule has 1 aromatic heterocycles. The summed E-state index contributed by atoms with van der Waals surface area (Å²) in [7, 11) is 0. The number of aromatic nitrogens is 1. The van der Waals surface area contributed by atoms with Gasteiger partial charge in [0, 0.05) is 30.3 Å². The third kappa shape index (κ3) is 4.85. The summed E-state index contributed by atoms with van der Waals surface area (Å²) in [6, 6.07) is 6.08. The molecule has 1 aliphatic heterocycles. The lowest BCUT2D eigenvalue weighted by atomic mass is 10.1. The summed E-state index contributed by atoms with van der Waals surface area (Å²) < 4.78 is 52.4. The van der Waals surface area contributed by atoms with Crippen LogP contribution in [-0.4, -0.2) is 36.4 Å². The van der Waals surface area contributed by atoms with Crippen LogP contribution in [0.1, 0.15) is 29.8 Å². The molecule has 0 fully saturated rings. The first kappa shape index (κ1) is 19.8. The first-order chi connectivity index (χ1) is 13.2. The number of halogens is 3. The van der Waals surface area contributed by atoms with Crippen molar-refractivity contribution >= 4 is 11.6 Å². The van der Waals surface area contributed by atoms with Crippen molar-refractivity contribution in [1.29, 1.82) is 0 Å². The van der Waals surface area contributed by atoms with Gasteiger partial charge in [-0.2, -0.15) is 13.2 Å². The molecule has 1 atom stereocenters. The lowest BCUT2D eigenvalue weighted by Crippen LogP contribution is -2.19. The van der Waals surface area contributed by atoms with Gasteiger partial charge < -0.3 is 19.5 Å². The number of pyridine rings is 1. The van der Waals surface area contributed by atoms with Crippen LogP contribution in [-0.2, 0) is 6.42 Å². The second-order valence-electron chi connectivity index (χ2n) is 6.26. The van der Waals surface area contributed by atoms with Crippen LogP contribution in [0.3, 0.4) is 0 Å². The van der Waals surface area contributed by atoms with Crippen molar-refractivity contribution in [1.82, 2.24) is 4.98 Å². The molecule has 0 radical (unpaired) electrons. The number of nitrogens with zero attached hydrogens (tertiary/aromatic N) is 1. The first-order valence-electron chi connectivity index (χ1n) is 8.68. The van der Waals surface area contributed by atoms with Crippen molar-refractivity contribution in [2.24, 2.45) is 0 Å². The van der Waals surface area contributed by atoms with E-state index in [-0.39, 0.29) is 17.5 Å². The molecular formula is C19H19F3N2O4. The van der Waals surface area contributed by atoms with Crippen LogP contribution in [0.4, 0.5) is 18.9 Å². The highest BCUT2D eigenvalue weighted by molar-refractivity contribution is 6.05. The van der Waals surface area contributed by atoms with Crippen molar-refractivity contribution in [3.05, 3.63) is 41.6 Å². The van der Waals surface area contributed by atoms with E-state index >= 15 is 0 Å². The molecule has 0 spiro atoms. The molecule has 28 heavy (non-hydrogen) atoms. The molecule has 1 aromatic carbocycles. The number of alkyl halides is 3. The zero-order chi connectivity index (χ0) is 20.3. The van der Waals surface area contributed by atoms with Crippen LogP contribution in [0, 0.1) is 0 Å². The van der Waals surface area contributed by atoms with E-state index < -0.39 is 18.7 Å². The molecule has 3 rings (SSSR count). The lowest BCUT2D eigenvalue weighted by molar-refractivity contribution is -0.154. The van der Waals surface area contributed by atoms with E-state index in [9.17, 15) is 18.0 Å². The van der Waals surface area contributed by atoms with Gasteiger partial charge in [0.25, 0.3) is 5.91 Å². The SMILES string of the molecule is CCOc1cc2c(cc1NC(=O)c1ccc(OCC(F)(F)F)nc1)OC(C)C2. The minimum absolute atomic E-state index is 0.0453. The highest BCUT2D eigenvalue weighted by Crippen LogP contribution is 2.38. The normalized spacial score (nSPS) is 15.5. The molecule has 0 bridgehead atoms. The Morgan fingerprint density at radius 2 is 2.11 bits per heavy atom. The Balaban J connectivity index is 1.73. The van der Waals surface area contributed by atoms with Crippen molar-refractivity contribution < 1.29 is 32.2 Å². The van der Waals surface area contributed by atoms with Gasteiger partial charge in [0.05, 0.1) is 17.9 Å². The first-order valence-corrected chi connectivity index (χ1v) is 8.68. The summed E-state index contributed by atoms with van der Waals surface area (Å²) in [5, 5.41) is 2.73. The molecule has 1 N–H and O–H groups in total. The van der Waals surface area contributed by atoms with E-state index in [1.54, 1.807) is 6.07 Å². The van der Waals surface area contributed by atoms with Crippen LogP contribution < -0.4 is 19.5 Å². The highest BCUT2D eigenvalue weighted by atomic mass is 19.4. The molecule has 2 heterocycles. The van der Waals surface area contributed by atoms with Gasteiger partial charge in [-0.3, -0.25) is 4.79 Å². The maximum Gasteiger partial charge on any atom is 0.422 e. The zero-order valence-corrected chi connectivity index (χ0v) is 15.3. The van der Waals surface area contributed by atoms with Crippen molar-refractivity contribution in [2.45, 2.75) is 32.5 Å². The summed E-state index contributed by atoms with van der Waals surface area (Å²) in [6.45, 7) is 2.76. The number of benzene rings is 1. The number of hydrogen-bond acceptors (Lipinski definition) is 5. The molecule has 0 saturated carbocycles. The van der Waals surface area contributed by atoms with Crippen LogP contribution in [0.25, 0.3) is 0 Å². The number of carbonyl (C=O) groups excluding carboxylic acids is 1. The Kier molecular flexibility index (Phi) is 5.62. The third-order valence-corrected chi connectivity index (χ3v) is 3.93. The predicted molar refractivity (Wildman–Crippen MR) is 95.1 cm³/mol. The van der Waals surface area contributed by atoms with Gasteiger partial charge in [-0.15, -0.1) is 0 Å². The molecule has 2 aromatic rings. The van der Waals surface area contributed by atoms with E-state index in [0.29, 0.717) is 23.8 Å². The Hall–Kier alpha value is -2.97. The maximum absolute atomic E-state index is 12.5. The zero-order valence-electron chi connectivity index (χ0n) is 15.3. The van der Waals surface area contributed by atoms with Gasteiger partial charge in [0.15, 0.2) is 6.61 Å². The van der Waals surface area contributed by atoms with Crippen LogP contribution in [0.5, 0.6) is 17.4 Å². The lowest BCUT2D eigenvalue weighted by Gasteiger charge is -2.14. The number of ether oxygens (including phenoxy) is 3. The Labute approximate surface area is 159 Å². The van der Waals surface area contributed by atoms with E-state index in [1.807, 2.05) is 19.9 Å². The minimum Gasteiger partial charge on any atom is -0.492 e. The number of hydrogen-bond donors (Lipinski definition) is 1. The summed E-state index contributed by atoms with van der Waals surface area (Å²) in [6.07, 6.45) is -2.51. The van der Waals surface area contributed by atoms with Gasteiger partial charge in [-0.25, -0.2) is 4.98 Å². The number of carbonyl (C=O) groups is 1. The number of nitrogens with one attached hydrogen (secondary N) is 1. The van der Waals surface area contributed by atoms with Crippen LogP contribution in [0.15, 0.2) is 30.5 Å². The molecule has 9 heteroatoms. The average Bonchev–Trinajstić information content (AvgIpc) is 2.99. The molecule has 0 aliphatic carbocycles. The Morgan fingerprint density at radius 3 is 2.75 bits per heavy atom. The van der Waals surface area contributed by atoms with Crippen molar-refractivity contribution in [2.75, 3.05) is 18.5 Å². The van der Waals surface area contributed by atoms with Gasteiger partial charge >= 0.3 is 6.18 Å². The monoisotopic (exact) mass is 396 g/mol. The molecule has 0 saturated heterocycles. The van der Waals surface area contributed by atoms with Gasteiger partial charge in [-0.1, -0.05) is 0 Å². The largest absolute Gasteiger partial charge is 0.492 e. The van der Waals surface area contributed by atoms with E-state index in [2.05, 4.69) is 15.0 Å². The fourth-order valence-corrected chi connectivity index (χ4v) is 2.76. The van der Waals surface area contributed by atoms with E-state index in [0.717, 1.165) is 18.2 Å². The molecule has 6 nitrogen and oxygen atoms in total. The van der Waals surface area contributed by atoms with Gasteiger partial charge in [0.2, 0.25) is 5.88 Å². The Bertz CT molecular complexity index is 853. The van der Waals surface area contributed by atoms with E-state index in [4.69, 9.17) is 9.47 Å². The van der Waals surface area contributed by atoms with Crippen LogP contribution in [0.2, 0.25) is 0 Å². The quantitative estimate of drug-likeness (QED) is 0.799. The minimum atomic E-state index is -4.46. The standard InChI is InChI=1S/C19H19F3N2O4/c1-3-26-16-7-13-6-11(2)28-15(13)8-14(16)24-18(25)12-4-5-17(23-9-12)27-10-19(20,21)22/h4-5,7-9,11H,3,6,10H2,1-2H3,(H,24,25). The van der Waals surface area contributed by atoms with Gasteiger partial charge in [-0.05, 0) is 26.0 Å². The van der Waals surface area contributed by atoms with Crippen molar-refractivity contribution in [3.63, 3.8) is 0 Å². The second kappa shape index (κ2) is 7.95. The summed E-state index contributed by atoms with van der Waals surface area (Å²) >= 11 is 0. The fourth-order valence-electron chi connectivity index (χ4n) is 2.76. The molecular weight excluding hydrogens is 377 g/mol. The third-order valence-electron chi connectivity index (χ3n) is 3.93. The summed E-state index contributed by atoms with van der Waals surface area (Å²) in [5.74, 6) is 0.497. The van der Waals surface area contributed by atoms with Gasteiger partial charge in [0.1, 0.15) is 17.6 Å². The molecule has 1 unspecified atom stereocenters. The average molecular weight is 396 g/mol. The number of anilines is 1.